The monoisotopic (exact) mass is 383 g/mol. The number of nitrogens with zero attached hydrogens (tertiary/aromatic N) is 4. The number of benzene rings is 1. The van der Waals surface area contributed by atoms with Gasteiger partial charge in [-0.3, -0.25) is 4.79 Å². The van der Waals surface area contributed by atoms with Crippen LogP contribution in [0.4, 0.5) is 0 Å². The summed E-state index contributed by atoms with van der Waals surface area (Å²) in [5, 5.41) is 7.49. The highest BCUT2D eigenvalue weighted by atomic mass is 16.1. The number of rotatable bonds is 3. The molecule has 0 saturated carbocycles. The number of pyridine rings is 1. The molecule has 0 bridgehead atoms. The van der Waals surface area contributed by atoms with Gasteiger partial charge in [0.1, 0.15) is 0 Å². The van der Waals surface area contributed by atoms with Gasteiger partial charge in [0.2, 0.25) is 0 Å². The number of fused-ring (bicyclic) bond motifs is 2. The van der Waals surface area contributed by atoms with E-state index in [1.165, 1.54) is 11.1 Å². The molecular formula is C23H21N5O. The van der Waals surface area contributed by atoms with Crippen LogP contribution in [0.1, 0.15) is 45.2 Å². The van der Waals surface area contributed by atoms with Crippen molar-refractivity contribution in [2.75, 3.05) is 0 Å². The molecule has 0 saturated heterocycles. The molecule has 5 rings (SSSR count). The maximum Gasteiger partial charge on any atom is 0.255 e. The topological polar surface area (TPSA) is 72.2 Å². The summed E-state index contributed by atoms with van der Waals surface area (Å²) in [6.45, 7) is 3.98. The first-order valence-electron chi connectivity index (χ1n) is 9.76. The number of nitrogens with one attached hydrogen (secondary N) is 1. The highest BCUT2D eigenvalue weighted by Gasteiger charge is 2.26. The lowest BCUT2D eigenvalue weighted by Crippen LogP contribution is -2.27. The van der Waals surface area contributed by atoms with Gasteiger partial charge in [-0.1, -0.05) is 12.1 Å². The highest BCUT2D eigenvalue weighted by molar-refractivity contribution is 6.00. The smallest absolute Gasteiger partial charge is 0.255 e. The normalized spacial score (nSPS) is 15.4. The van der Waals surface area contributed by atoms with Crippen LogP contribution in [0.5, 0.6) is 0 Å². The Morgan fingerprint density at radius 2 is 2.07 bits per heavy atom. The van der Waals surface area contributed by atoms with E-state index in [1.54, 1.807) is 16.9 Å². The molecule has 4 aromatic rings. The van der Waals surface area contributed by atoms with Gasteiger partial charge in [-0.2, -0.15) is 5.10 Å². The van der Waals surface area contributed by atoms with E-state index in [0.29, 0.717) is 5.56 Å². The van der Waals surface area contributed by atoms with E-state index in [0.717, 1.165) is 41.0 Å². The second kappa shape index (κ2) is 6.81. The quantitative estimate of drug-likeness (QED) is 0.584. The summed E-state index contributed by atoms with van der Waals surface area (Å²) >= 11 is 0. The van der Waals surface area contributed by atoms with Gasteiger partial charge < -0.3 is 5.32 Å². The zero-order valence-corrected chi connectivity index (χ0v) is 16.4. The van der Waals surface area contributed by atoms with Crippen LogP contribution < -0.4 is 5.32 Å². The van der Waals surface area contributed by atoms with E-state index in [2.05, 4.69) is 32.5 Å². The maximum absolute atomic E-state index is 12.9. The van der Waals surface area contributed by atoms with Crippen LogP contribution in [-0.4, -0.2) is 25.5 Å². The summed E-state index contributed by atoms with van der Waals surface area (Å²) in [6, 6.07) is 12.1. The number of hydrogen-bond acceptors (Lipinski definition) is 4. The molecule has 0 aliphatic heterocycles. The van der Waals surface area contributed by atoms with Crippen LogP contribution in [0.2, 0.25) is 0 Å². The molecule has 0 spiro atoms. The molecule has 6 heteroatoms. The largest absolute Gasteiger partial charge is 0.345 e. The molecule has 3 heterocycles. The van der Waals surface area contributed by atoms with Crippen molar-refractivity contribution in [1.82, 2.24) is 24.9 Å². The Bertz CT molecular complexity index is 1240. The average Bonchev–Trinajstić information content (AvgIpc) is 3.31. The number of aryl methyl sites for hydroxylation is 3. The minimum atomic E-state index is -0.0884. The van der Waals surface area contributed by atoms with E-state index >= 15 is 0 Å². The minimum Gasteiger partial charge on any atom is -0.345 e. The predicted octanol–water partition coefficient (Wildman–Crippen LogP) is 3.83. The molecule has 0 fully saturated rings. The summed E-state index contributed by atoms with van der Waals surface area (Å²) in [6.07, 6.45) is 7.11. The molecule has 1 N–H and O–H groups in total. The van der Waals surface area contributed by atoms with Crippen LogP contribution in [0.15, 0.2) is 55.0 Å². The SMILES string of the molecule is Cc1ccn2ncc(C(=O)N[C@@H]3CCc4cc(-c5nccc(C)n5)ccc43)c2c1. The third-order valence-corrected chi connectivity index (χ3v) is 5.50. The fourth-order valence-electron chi connectivity index (χ4n) is 3.99. The Hall–Kier alpha value is -3.54. The van der Waals surface area contributed by atoms with Gasteiger partial charge in [0.25, 0.3) is 5.91 Å². The fraction of sp³-hybridized carbons (Fsp3) is 0.217. The zero-order chi connectivity index (χ0) is 20.0. The standard InChI is InChI=1S/C23H21N5O/c1-14-8-10-28-21(11-14)19(13-25-28)23(29)27-20-6-4-16-12-17(3-5-18(16)20)22-24-9-7-15(2)26-22/h3,5,7-13,20H,4,6H2,1-2H3,(H,27,29)/t20-/m1/s1. The van der Waals surface area contributed by atoms with E-state index in [-0.39, 0.29) is 11.9 Å². The first-order chi connectivity index (χ1) is 14.1. The Morgan fingerprint density at radius 3 is 2.93 bits per heavy atom. The Morgan fingerprint density at radius 1 is 1.17 bits per heavy atom. The van der Waals surface area contributed by atoms with Gasteiger partial charge in [0, 0.05) is 23.7 Å². The van der Waals surface area contributed by atoms with Crippen molar-refractivity contribution < 1.29 is 4.79 Å². The number of hydrogen-bond donors (Lipinski definition) is 1. The number of amides is 1. The van der Waals surface area contributed by atoms with E-state index in [1.807, 2.05) is 44.3 Å². The molecule has 1 aliphatic carbocycles. The first-order valence-corrected chi connectivity index (χ1v) is 9.76. The second-order valence-electron chi connectivity index (χ2n) is 7.59. The van der Waals surface area contributed by atoms with Gasteiger partial charge >= 0.3 is 0 Å². The number of carbonyl (C=O) groups is 1. The van der Waals surface area contributed by atoms with Crippen molar-refractivity contribution in [3.63, 3.8) is 0 Å². The molecule has 6 nitrogen and oxygen atoms in total. The molecule has 1 aromatic carbocycles. The van der Waals surface area contributed by atoms with Crippen molar-refractivity contribution in [3.05, 3.63) is 82.9 Å². The van der Waals surface area contributed by atoms with Crippen molar-refractivity contribution in [1.29, 1.82) is 0 Å². The van der Waals surface area contributed by atoms with E-state index in [4.69, 9.17) is 0 Å². The van der Waals surface area contributed by atoms with Crippen molar-refractivity contribution in [2.45, 2.75) is 32.7 Å². The Labute approximate surface area is 168 Å². The van der Waals surface area contributed by atoms with Gasteiger partial charge in [-0.05, 0) is 67.6 Å². The second-order valence-corrected chi connectivity index (χ2v) is 7.59. The molecule has 1 aliphatic rings. The molecule has 29 heavy (non-hydrogen) atoms. The summed E-state index contributed by atoms with van der Waals surface area (Å²) in [5.41, 5.74) is 6.90. The van der Waals surface area contributed by atoms with Crippen LogP contribution >= 0.6 is 0 Å². The zero-order valence-electron chi connectivity index (χ0n) is 16.4. The van der Waals surface area contributed by atoms with Gasteiger partial charge in [0.05, 0.1) is 23.3 Å². The fourth-order valence-corrected chi connectivity index (χ4v) is 3.99. The number of aromatic nitrogens is 4. The lowest BCUT2D eigenvalue weighted by atomic mass is 10.0. The highest BCUT2D eigenvalue weighted by Crippen LogP contribution is 2.34. The van der Waals surface area contributed by atoms with Crippen LogP contribution in [0, 0.1) is 13.8 Å². The molecule has 3 aromatic heterocycles. The van der Waals surface area contributed by atoms with Crippen molar-refractivity contribution >= 4 is 11.4 Å². The molecular weight excluding hydrogens is 362 g/mol. The van der Waals surface area contributed by atoms with Crippen LogP contribution in [-0.2, 0) is 6.42 Å². The van der Waals surface area contributed by atoms with Gasteiger partial charge in [-0.15, -0.1) is 0 Å². The summed E-state index contributed by atoms with van der Waals surface area (Å²) in [4.78, 5) is 21.8. The van der Waals surface area contributed by atoms with Crippen LogP contribution in [0.25, 0.3) is 16.9 Å². The summed E-state index contributed by atoms with van der Waals surface area (Å²) in [5.74, 6) is 0.650. The van der Waals surface area contributed by atoms with Gasteiger partial charge in [0.15, 0.2) is 5.82 Å². The van der Waals surface area contributed by atoms with E-state index in [9.17, 15) is 4.79 Å². The predicted molar refractivity (Wildman–Crippen MR) is 111 cm³/mol. The summed E-state index contributed by atoms with van der Waals surface area (Å²) in [7, 11) is 0. The minimum absolute atomic E-state index is 0.00439. The Balaban J connectivity index is 1.40. The third kappa shape index (κ3) is 3.16. The first kappa shape index (κ1) is 17.6. The average molecular weight is 383 g/mol. The Kier molecular flexibility index (Phi) is 4.12. The van der Waals surface area contributed by atoms with Crippen molar-refractivity contribution in [2.24, 2.45) is 0 Å². The molecule has 144 valence electrons. The molecule has 1 atom stereocenters. The van der Waals surface area contributed by atoms with E-state index < -0.39 is 0 Å². The molecule has 1 amide bonds. The molecule has 0 unspecified atom stereocenters. The lowest BCUT2D eigenvalue weighted by molar-refractivity contribution is 0.0938. The van der Waals surface area contributed by atoms with Gasteiger partial charge in [-0.25, -0.2) is 14.5 Å². The third-order valence-electron chi connectivity index (χ3n) is 5.50. The van der Waals surface area contributed by atoms with Crippen molar-refractivity contribution in [3.8, 4) is 11.4 Å². The summed E-state index contributed by atoms with van der Waals surface area (Å²) < 4.78 is 1.73. The van der Waals surface area contributed by atoms with Crippen LogP contribution in [0.3, 0.4) is 0 Å². The lowest BCUT2D eigenvalue weighted by Gasteiger charge is -2.14. The molecule has 0 radical (unpaired) electrons. The number of carbonyl (C=O) groups excluding carboxylic acids is 1. The maximum atomic E-state index is 12.9.